The fourth-order valence-electron chi connectivity index (χ4n) is 1.39. The molecule has 0 aliphatic carbocycles. The zero-order valence-corrected chi connectivity index (χ0v) is 10.9. The van der Waals surface area contributed by atoms with Crippen LogP contribution in [-0.2, 0) is 0 Å². The SMILES string of the molecule is CCCCN(CCCC)CC(Cl)CCl. The van der Waals surface area contributed by atoms with Crippen LogP contribution in [0.3, 0.4) is 0 Å². The smallest absolute Gasteiger partial charge is 0.0598 e. The maximum absolute atomic E-state index is 6.04. The zero-order valence-electron chi connectivity index (χ0n) is 9.44. The Labute approximate surface area is 98.8 Å². The summed E-state index contributed by atoms with van der Waals surface area (Å²) in [6.45, 7) is 7.70. The van der Waals surface area contributed by atoms with Crippen LogP contribution >= 0.6 is 23.2 Å². The van der Waals surface area contributed by atoms with E-state index in [1.165, 1.54) is 25.7 Å². The molecule has 0 aromatic carbocycles. The molecule has 1 unspecified atom stereocenters. The van der Waals surface area contributed by atoms with Gasteiger partial charge in [-0.05, 0) is 25.9 Å². The highest BCUT2D eigenvalue weighted by molar-refractivity contribution is 6.28. The highest BCUT2D eigenvalue weighted by Crippen LogP contribution is 2.05. The minimum absolute atomic E-state index is 0.102. The number of alkyl halides is 2. The van der Waals surface area contributed by atoms with Crippen molar-refractivity contribution in [3.8, 4) is 0 Å². The summed E-state index contributed by atoms with van der Waals surface area (Å²) in [5.74, 6) is 0.552. The Morgan fingerprint density at radius 1 is 1.07 bits per heavy atom. The highest BCUT2D eigenvalue weighted by Gasteiger charge is 2.09. The van der Waals surface area contributed by atoms with Crippen LogP contribution in [-0.4, -0.2) is 35.8 Å². The van der Waals surface area contributed by atoms with Gasteiger partial charge in [-0.25, -0.2) is 0 Å². The average Bonchev–Trinajstić information content (AvgIpc) is 2.21. The first-order valence-corrected chi connectivity index (χ1v) is 6.64. The molecular weight excluding hydrogens is 217 g/mol. The minimum atomic E-state index is 0.102. The molecule has 0 aromatic heterocycles. The number of halogens is 2. The topological polar surface area (TPSA) is 3.24 Å². The van der Waals surface area contributed by atoms with Gasteiger partial charge in [-0.2, -0.15) is 0 Å². The Morgan fingerprint density at radius 3 is 1.93 bits per heavy atom. The van der Waals surface area contributed by atoms with Crippen LogP contribution in [0.1, 0.15) is 39.5 Å². The molecule has 0 N–H and O–H groups in total. The maximum Gasteiger partial charge on any atom is 0.0598 e. The lowest BCUT2D eigenvalue weighted by Gasteiger charge is -2.23. The van der Waals surface area contributed by atoms with Gasteiger partial charge in [0.25, 0.3) is 0 Å². The first-order chi connectivity index (χ1) is 6.74. The van der Waals surface area contributed by atoms with E-state index in [4.69, 9.17) is 23.2 Å². The molecule has 0 amide bonds. The number of rotatable bonds is 9. The van der Waals surface area contributed by atoms with Crippen molar-refractivity contribution in [1.82, 2.24) is 4.90 Å². The van der Waals surface area contributed by atoms with E-state index < -0.39 is 0 Å². The van der Waals surface area contributed by atoms with Gasteiger partial charge < -0.3 is 4.90 Å². The second-order valence-electron chi connectivity index (χ2n) is 3.76. The summed E-state index contributed by atoms with van der Waals surface area (Å²) in [6.07, 6.45) is 5.01. The van der Waals surface area contributed by atoms with Gasteiger partial charge in [-0.15, -0.1) is 23.2 Å². The number of hydrogen-bond acceptors (Lipinski definition) is 1. The third kappa shape index (κ3) is 7.90. The van der Waals surface area contributed by atoms with Crippen molar-refractivity contribution in [3.05, 3.63) is 0 Å². The van der Waals surface area contributed by atoms with Crippen molar-refractivity contribution in [3.63, 3.8) is 0 Å². The molecule has 86 valence electrons. The molecule has 0 aliphatic rings. The van der Waals surface area contributed by atoms with Gasteiger partial charge in [-0.1, -0.05) is 26.7 Å². The van der Waals surface area contributed by atoms with Crippen molar-refractivity contribution < 1.29 is 0 Å². The molecule has 1 nitrogen and oxygen atoms in total. The summed E-state index contributed by atoms with van der Waals surface area (Å²) in [6, 6.07) is 0. The lowest BCUT2D eigenvalue weighted by Crippen LogP contribution is -2.32. The molecule has 14 heavy (non-hydrogen) atoms. The molecule has 0 spiro atoms. The molecule has 0 bridgehead atoms. The number of hydrogen-bond donors (Lipinski definition) is 0. The van der Waals surface area contributed by atoms with Gasteiger partial charge in [0, 0.05) is 12.4 Å². The molecule has 0 radical (unpaired) electrons. The Morgan fingerprint density at radius 2 is 1.57 bits per heavy atom. The van der Waals surface area contributed by atoms with Crippen LogP contribution in [0, 0.1) is 0 Å². The maximum atomic E-state index is 6.04. The molecule has 0 rings (SSSR count). The van der Waals surface area contributed by atoms with E-state index in [1.54, 1.807) is 0 Å². The molecule has 1 atom stereocenters. The van der Waals surface area contributed by atoms with Crippen LogP contribution in [0.4, 0.5) is 0 Å². The number of nitrogens with zero attached hydrogens (tertiary/aromatic N) is 1. The molecule has 0 aliphatic heterocycles. The van der Waals surface area contributed by atoms with E-state index in [-0.39, 0.29) is 5.38 Å². The largest absolute Gasteiger partial charge is 0.302 e. The van der Waals surface area contributed by atoms with Crippen molar-refractivity contribution >= 4 is 23.2 Å². The second kappa shape index (κ2) is 10.1. The van der Waals surface area contributed by atoms with Crippen LogP contribution in [0.15, 0.2) is 0 Å². The van der Waals surface area contributed by atoms with Gasteiger partial charge in [0.1, 0.15) is 0 Å². The van der Waals surface area contributed by atoms with E-state index in [2.05, 4.69) is 18.7 Å². The zero-order chi connectivity index (χ0) is 10.8. The first-order valence-electron chi connectivity index (χ1n) is 5.66. The van der Waals surface area contributed by atoms with Crippen molar-refractivity contribution in [2.24, 2.45) is 0 Å². The molecular formula is C11H23Cl2N. The van der Waals surface area contributed by atoms with E-state index in [1.807, 2.05) is 0 Å². The van der Waals surface area contributed by atoms with E-state index in [9.17, 15) is 0 Å². The van der Waals surface area contributed by atoms with Gasteiger partial charge >= 0.3 is 0 Å². The summed E-state index contributed by atoms with van der Waals surface area (Å²) < 4.78 is 0. The normalized spacial score (nSPS) is 13.5. The number of unbranched alkanes of at least 4 members (excludes halogenated alkanes) is 2. The molecule has 0 fully saturated rings. The first kappa shape index (κ1) is 14.5. The highest BCUT2D eigenvalue weighted by atomic mass is 35.5. The molecule has 0 saturated carbocycles. The standard InChI is InChI=1S/C11H23Cl2N/c1-3-5-7-14(8-6-4-2)10-11(13)9-12/h11H,3-10H2,1-2H3. The minimum Gasteiger partial charge on any atom is -0.302 e. The predicted octanol–water partition coefficient (Wildman–Crippen LogP) is 3.73. The Bertz CT molecular complexity index is 112. The van der Waals surface area contributed by atoms with E-state index >= 15 is 0 Å². The lowest BCUT2D eigenvalue weighted by molar-refractivity contribution is 0.268. The Hall–Kier alpha value is 0.540. The van der Waals surface area contributed by atoms with E-state index in [0.717, 1.165) is 19.6 Å². The Kier molecular flexibility index (Phi) is 10.5. The van der Waals surface area contributed by atoms with Crippen molar-refractivity contribution in [2.45, 2.75) is 44.9 Å². The summed E-state index contributed by atoms with van der Waals surface area (Å²) in [5.41, 5.74) is 0. The summed E-state index contributed by atoms with van der Waals surface area (Å²) in [4.78, 5) is 2.44. The predicted molar refractivity (Wildman–Crippen MR) is 66.6 cm³/mol. The van der Waals surface area contributed by atoms with E-state index in [0.29, 0.717) is 5.88 Å². The molecule has 0 saturated heterocycles. The fraction of sp³-hybridized carbons (Fsp3) is 1.00. The van der Waals surface area contributed by atoms with Crippen LogP contribution < -0.4 is 0 Å². The second-order valence-corrected chi connectivity index (χ2v) is 4.69. The monoisotopic (exact) mass is 239 g/mol. The van der Waals surface area contributed by atoms with Crippen molar-refractivity contribution in [2.75, 3.05) is 25.5 Å². The quantitative estimate of drug-likeness (QED) is 0.555. The van der Waals surface area contributed by atoms with Gasteiger partial charge in [-0.3, -0.25) is 0 Å². The van der Waals surface area contributed by atoms with Crippen LogP contribution in [0.5, 0.6) is 0 Å². The van der Waals surface area contributed by atoms with Gasteiger partial charge in [0.05, 0.1) is 5.38 Å². The molecule has 0 aromatic rings. The van der Waals surface area contributed by atoms with Crippen molar-refractivity contribution in [1.29, 1.82) is 0 Å². The summed E-state index contributed by atoms with van der Waals surface area (Å²) in [7, 11) is 0. The average molecular weight is 240 g/mol. The van der Waals surface area contributed by atoms with Gasteiger partial charge in [0.15, 0.2) is 0 Å². The summed E-state index contributed by atoms with van der Waals surface area (Å²) >= 11 is 11.7. The van der Waals surface area contributed by atoms with Gasteiger partial charge in [0.2, 0.25) is 0 Å². The molecule has 0 heterocycles. The summed E-state index contributed by atoms with van der Waals surface area (Å²) in [5, 5.41) is 0.102. The van der Waals surface area contributed by atoms with Crippen LogP contribution in [0.2, 0.25) is 0 Å². The van der Waals surface area contributed by atoms with Crippen LogP contribution in [0.25, 0.3) is 0 Å². The molecule has 3 heteroatoms. The lowest BCUT2D eigenvalue weighted by atomic mass is 10.2. The fourth-order valence-corrected chi connectivity index (χ4v) is 1.68. The third-order valence-electron chi connectivity index (χ3n) is 2.28. The Balaban J connectivity index is 3.71. The third-order valence-corrected chi connectivity index (χ3v) is 3.10.